The summed E-state index contributed by atoms with van der Waals surface area (Å²) in [5.74, 6) is -10.1. The Morgan fingerprint density at radius 1 is 1.01 bits per heavy atom. The zero-order valence-electron chi connectivity index (χ0n) is 35.9. The number of anilines is 2. The fourth-order valence-electron chi connectivity index (χ4n) is 8.12. The highest BCUT2D eigenvalue weighted by Gasteiger charge is 2.52. The number of imide groups is 2. The number of carbonyl (C=O) groups is 6. The zero-order chi connectivity index (χ0) is 49.6. The minimum absolute atomic E-state index is 0.0452. The van der Waals surface area contributed by atoms with E-state index in [1.54, 1.807) is 19.1 Å². The molecule has 1 unspecified atom stereocenters. The van der Waals surface area contributed by atoms with Crippen LogP contribution in [0.5, 0.6) is 11.5 Å². The van der Waals surface area contributed by atoms with Crippen LogP contribution < -0.4 is 24.6 Å². The molecule has 15 nitrogen and oxygen atoms in total. The van der Waals surface area contributed by atoms with E-state index in [0.29, 0.717) is 21.4 Å². The minimum atomic E-state index is -5.31. The molecule has 7 rings (SSSR count). The maximum Gasteiger partial charge on any atom is 0.420 e. The van der Waals surface area contributed by atoms with Crippen molar-refractivity contribution in [1.29, 1.82) is 5.26 Å². The average molecular weight is 968 g/mol. The van der Waals surface area contributed by atoms with Gasteiger partial charge >= 0.3 is 6.18 Å². The first-order chi connectivity index (χ1) is 32.1. The number of nitrogens with one attached hydrogen (secondary N) is 1. The molecule has 1 N–H and O–H groups in total. The van der Waals surface area contributed by atoms with E-state index in [-0.39, 0.29) is 67.7 Å². The van der Waals surface area contributed by atoms with Crippen LogP contribution in [0.25, 0.3) is 11.3 Å². The van der Waals surface area contributed by atoms with Crippen LogP contribution in [0, 0.1) is 41.5 Å². The van der Waals surface area contributed by atoms with Crippen LogP contribution in [0.3, 0.4) is 0 Å². The first-order valence-corrected chi connectivity index (χ1v) is 20.9. The van der Waals surface area contributed by atoms with Gasteiger partial charge in [0, 0.05) is 44.0 Å². The maximum absolute atomic E-state index is 15.8. The van der Waals surface area contributed by atoms with E-state index in [1.165, 1.54) is 30.9 Å². The number of rotatable bonds is 11. The third-order valence-corrected chi connectivity index (χ3v) is 11.9. The van der Waals surface area contributed by atoms with Gasteiger partial charge in [-0.2, -0.15) is 18.4 Å². The molecule has 4 aromatic rings. The highest BCUT2D eigenvalue weighted by Crippen LogP contribution is 2.43. The van der Waals surface area contributed by atoms with Crippen molar-refractivity contribution in [2.45, 2.75) is 70.3 Å². The minimum Gasteiger partial charge on any atom is -0.484 e. The SMILES string of the molecule is Cc1cccc(OCC(=O)N2CCC(Oc3c(F)cc(-c4ncc(N5C(=S)N(c6ccc(C#N)c(C(F)(F)F)c6F)C(=O)C5(C)C)cc4F)cc3F)CC2)c1C(=O)N(C=O)C1CCC(=O)NC1=O. The second-order valence-electron chi connectivity index (χ2n) is 16.3. The average Bonchev–Trinajstić information content (AvgIpc) is 3.45. The molecular formula is C45H36F7N7O8S. The number of hydrogen-bond acceptors (Lipinski definition) is 11. The molecule has 1 aromatic heterocycles. The number of pyridine rings is 1. The third kappa shape index (κ3) is 9.02. The molecule has 354 valence electrons. The van der Waals surface area contributed by atoms with Gasteiger partial charge in [0.25, 0.3) is 17.7 Å². The van der Waals surface area contributed by atoms with Gasteiger partial charge in [0.05, 0.1) is 34.8 Å². The second kappa shape index (κ2) is 18.7. The molecule has 3 fully saturated rings. The Balaban J connectivity index is 0.992. The number of aromatic nitrogens is 1. The Labute approximate surface area is 387 Å². The van der Waals surface area contributed by atoms with Crippen molar-refractivity contribution in [3.63, 3.8) is 0 Å². The number of amides is 6. The quantitative estimate of drug-likeness (QED) is 0.0771. The topological polar surface area (TPSA) is 183 Å². The summed E-state index contributed by atoms with van der Waals surface area (Å²) >= 11 is 5.39. The molecule has 1 atom stereocenters. The number of alkyl halides is 3. The molecule has 3 aliphatic heterocycles. The smallest absolute Gasteiger partial charge is 0.420 e. The molecule has 0 spiro atoms. The van der Waals surface area contributed by atoms with Crippen molar-refractivity contribution in [2.75, 3.05) is 29.5 Å². The number of halogens is 7. The second-order valence-corrected chi connectivity index (χ2v) is 16.6. The van der Waals surface area contributed by atoms with Gasteiger partial charge in [0.2, 0.25) is 18.2 Å². The summed E-state index contributed by atoms with van der Waals surface area (Å²) in [6.45, 7) is 3.73. The summed E-state index contributed by atoms with van der Waals surface area (Å²) in [5, 5.41) is 10.7. The number of thiocarbonyl (C=S) groups is 1. The van der Waals surface area contributed by atoms with Crippen molar-refractivity contribution in [3.8, 4) is 28.8 Å². The molecule has 0 bridgehead atoms. The molecule has 4 heterocycles. The summed E-state index contributed by atoms with van der Waals surface area (Å²) in [6.07, 6.45) is -4.84. The predicted molar refractivity (Wildman–Crippen MR) is 228 cm³/mol. The van der Waals surface area contributed by atoms with E-state index >= 15 is 17.6 Å². The number of hydrogen-bond donors (Lipinski definition) is 1. The number of aryl methyl sites for hydroxylation is 1. The lowest BCUT2D eigenvalue weighted by Crippen LogP contribution is -2.54. The normalized spacial score (nSPS) is 17.5. The van der Waals surface area contributed by atoms with Crippen LogP contribution in [-0.2, 0) is 30.1 Å². The molecule has 6 amide bonds. The Morgan fingerprint density at radius 2 is 1.69 bits per heavy atom. The van der Waals surface area contributed by atoms with Crippen molar-refractivity contribution in [1.82, 2.24) is 20.1 Å². The molecule has 3 aliphatic rings. The van der Waals surface area contributed by atoms with Crippen LogP contribution in [0.1, 0.15) is 66.6 Å². The van der Waals surface area contributed by atoms with E-state index in [2.05, 4.69) is 10.3 Å². The van der Waals surface area contributed by atoms with Gasteiger partial charge in [-0.15, -0.1) is 0 Å². The number of benzene rings is 3. The first kappa shape index (κ1) is 48.5. The first-order valence-electron chi connectivity index (χ1n) is 20.5. The van der Waals surface area contributed by atoms with Gasteiger partial charge < -0.3 is 19.3 Å². The monoisotopic (exact) mass is 967 g/mol. The summed E-state index contributed by atoms with van der Waals surface area (Å²) in [7, 11) is 0. The van der Waals surface area contributed by atoms with Crippen LogP contribution in [-0.4, -0.2) is 93.2 Å². The predicted octanol–water partition coefficient (Wildman–Crippen LogP) is 6.27. The molecule has 68 heavy (non-hydrogen) atoms. The standard InChI is InChI=1S/C45H36F7N7O8S/c1-22-5-4-6-32(35(22)41(64)57(21-60)31-9-10-33(61)55-40(31)63)66-20-34(62)56-13-11-26(12-14-56)67-39-28(47)15-24(16-29(39)48)38-27(46)17-25(19-54-38)59-43(68)58(42(65)44(59,2)3)30-8-7-23(18-53)36(37(30)49)45(50,51)52/h4-8,15-17,19,21,26,31H,9-14,20H2,1-3H3,(H,55,61,63). The maximum atomic E-state index is 15.8. The van der Waals surface area contributed by atoms with E-state index in [1.807, 2.05) is 0 Å². The van der Waals surface area contributed by atoms with Gasteiger partial charge in [0.15, 0.2) is 40.7 Å². The lowest BCUT2D eigenvalue weighted by molar-refractivity contribution is -0.140. The Kier molecular flexibility index (Phi) is 13.3. The van der Waals surface area contributed by atoms with Crippen molar-refractivity contribution in [2.24, 2.45) is 0 Å². The van der Waals surface area contributed by atoms with Gasteiger partial charge in [-0.3, -0.25) is 48.9 Å². The Bertz CT molecular complexity index is 2820. The van der Waals surface area contributed by atoms with Gasteiger partial charge in [0.1, 0.15) is 34.7 Å². The summed E-state index contributed by atoms with van der Waals surface area (Å²) in [6, 6.07) is 8.37. The fourth-order valence-corrected chi connectivity index (χ4v) is 8.63. The number of likely N-dealkylation sites (tertiary alicyclic amines) is 1. The van der Waals surface area contributed by atoms with E-state index in [0.717, 1.165) is 35.4 Å². The lowest BCUT2D eigenvalue weighted by atomic mass is 10.0. The van der Waals surface area contributed by atoms with Crippen LogP contribution >= 0.6 is 12.2 Å². The van der Waals surface area contributed by atoms with Crippen LogP contribution in [0.4, 0.5) is 42.1 Å². The largest absolute Gasteiger partial charge is 0.484 e. The number of nitrogens with zero attached hydrogens (tertiary/aromatic N) is 6. The Hall–Kier alpha value is -7.48. The zero-order valence-corrected chi connectivity index (χ0v) is 36.7. The summed E-state index contributed by atoms with van der Waals surface area (Å²) < 4.78 is 115. The molecule has 0 saturated carbocycles. The Morgan fingerprint density at radius 3 is 2.29 bits per heavy atom. The van der Waals surface area contributed by atoms with Crippen molar-refractivity contribution in [3.05, 3.63) is 100 Å². The molecule has 3 saturated heterocycles. The highest BCUT2D eigenvalue weighted by molar-refractivity contribution is 7.81. The lowest BCUT2D eigenvalue weighted by Gasteiger charge is -2.32. The molecular weight excluding hydrogens is 932 g/mol. The fraction of sp³-hybridized carbons (Fsp3) is 0.311. The molecule has 0 aliphatic carbocycles. The van der Waals surface area contributed by atoms with Crippen molar-refractivity contribution >= 4 is 64.7 Å². The number of nitriles is 1. The molecule has 23 heteroatoms. The molecule has 3 aromatic carbocycles. The van der Waals surface area contributed by atoms with Crippen molar-refractivity contribution < 1.29 is 69.0 Å². The number of ether oxygens (including phenoxy) is 2. The van der Waals surface area contributed by atoms with E-state index in [9.17, 15) is 41.9 Å². The number of piperidine rings is 2. The van der Waals surface area contributed by atoms with Gasteiger partial charge in [-0.1, -0.05) is 12.1 Å². The van der Waals surface area contributed by atoms with Gasteiger partial charge in [-0.25, -0.2) is 17.6 Å². The van der Waals surface area contributed by atoms with E-state index < -0.39 is 117 Å². The molecule has 0 radical (unpaired) electrons. The van der Waals surface area contributed by atoms with E-state index in [4.69, 9.17) is 27.0 Å². The summed E-state index contributed by atoms with van der Waals surface area (Å²) in [4.78, 5) is 83.9. The highest BCUT2D eigenvalue weighted by atomic mass is 32.1. The van der Waals surface area contributed by atoms with Crippen LogP contribution in [0.2, 0.25) is 0 Å². The van der Waals surface area contributed by atoms with Crippen LogP contribution in [0.15, 0.2) is 54.7 Å². The third-order valence-electron chi connectivity index (χ3n) is 11.6. The number of carbonyl (C=O) groups excluding carboxylic acids is 6. The van der Waals surface area contributed by atoms with Gasteiger partial charge in [-0.05, 0) is 75.3 Å². The summed E-state index contributed by atoms with van der Waals surface area (Å²) in [5.41, 5.74) is -6.45.